The lowest BCUT2D eigenvalue weighted by atomic mass is 9.79. The smallest absolute Gasteiger partial charge is 0.317 e. The fourth-order valence-electron chi connectivity index (χ4n) is 2.83. The van der Waals surface area contributed by atoms with E-state index in [0.717, 1.165) is 12.8 Å². The van der Waals surface area contributed by atoms with Gasteiger partial charge in [0.2, 0.25) is 0 Å². The minimum Gasteiger partial charge on any atom is -0.395 e. The minimum absolute atomic E-state index is 0.000517. The van der Waals surface area contributed by atoms with Gasteiger partial charge >= 0.3 is 6.03 Å². The molecule has 22 heavy (non-hydrogen) atoms. The molecule has 0 spiro atoms. The summed E-state index contributed by atoms with van der Waals surface area (Å²) in [5.74, 6) is 0. The number of rotatable bonds is 8. The highest BCUT2D eigenvalue weighted by Gasteiger charge is 2.24. The monoisotopic (exact) mass is 306 g/mol. The van der Waals surface area contributed by atoms with Crippen LogP contribution in [0.4, 0.5) is 4.79 Å². The number of nitrogens with zero attached hydrogens (tertiary/aromatic N) is 1. The molecule has 0 radical (unpaired) electrons. The van der Waals surface area contributed by atoms with Gasteiger partial charge in [-0.15, -0.1) is 0 Å². The van der Waals surface area contributed by atoms with Crippen molar-refractivity contribution in [3.8, 4) is 0 Å². The van der Waals surface area contributed by atoms with Crippen LogP contribution in [-0.2, 0) is 5.41 Å². The summed E-state index contributed by atoms with van der Waals surface area (Å²) in [4.78, 5) is 13.9. The average Bonchev–Trinajstić information content (AvgIpc) is 2.47. The maximum atomic E-state index is 12.3. The van der Waals surface area contributed by atoms with Crippen LogP contribution >= 0.6 is 0 Å². The standard InChI is InChI=1S/C18H30N2O2/c1-5-11-20(12-13-21)17(22)19-15(2)14-18(3,4)16-9-7-6-8-10-16/h6-10,15,21H,5,11-14H2,1-4H3,(H,19,22). The summed E-state index contributed by atoms with van der Waals surface area (Å²) in [5, 5.41) is 12.1. The van der Waals surface area contributed by atoms with Crippen LogP contribution < -0.4 is 5.32 Å². The molecule has 0 aliphatic rings. The van der Waals surface area contributed by atoms with Crippen molar-refractivity contribution in [3.05, 3.63) is 35.9 Å². The van der Waals surface area contributed by atoms with Crippen LogP contribution in [0.5, 0.6) is 0 Å². The van der Waals surface area contributed by atoms with E-state index in [0.29, 0.717) is 13.1 Å². The Kier molecular flexibility index (Phi) is 7.39. The van der Waals surface area contributed by atoms with Crippen molar-refractivity contribution in [2.45, 2.75) is 52.0 Å². The van der Waals surface area contributed by atoms with Crippen LogP contribution in [0.25, 0.3) is 0 Å². The van der Waals surface area contributed by atoms with Gasteiger partial charge in [-0.05, 0) is 30.7 Å². The van der Waals surface area contributed by atoms with E-state index in [1.807, 2.05) is 32.0 Å². The number of aliphatic hydroxyl groups is 1. The molecule has 0 aliphatic heterocycles. The molecule has 1 aromatic carbocycles. The summed E-state index contributed by atoms with van der Waals surface area (Å²) in [6.45, 7) is 9.50. The van der Waals surface area contributed by atoms with Crippen molar-refractivity contribution in [1.29, 1.82) is 0 Å². The van der Waals surface area contributed by atoms with E-state index in [2.05, 4.69) is 31.3 Å². The van der Waals surface area contributed by atoms with Crippen molar-refractivity contribution in [1.82, 2.24) is 10.2 Å². The molecular weight excluding hydrogens is 276 g/mol. The zero-order valence-corrected chi connectivity index (χ0v) is 14.3. The van der Waals surface area contributed by atoms with Crippen LogP contribution in [0.3, 0.4) is 0 Å². The van der Waals surface area contributed by atoms with E-state index in [1.165, 1.54) is 5.56 Å². The summed E-state index contributed by atoms with van der Waals surface area (Å²) in [5.41, 5.74) is 1.28. The number of hydrogen-bond acceptors (Lipinski definition) is 2. The van der Waals surface area contributed by atoms with Crippen molar-refractivity contribution < 1.29 is 9.90 Å². The Hall–Kier alpha value is -1.55. The molecule has 124 valence electrons. The molecule has 0 saturated carbocycles. The first kappa shape index (κ1) is 18.5. The van der Waals surface area contributed by atoms with Gasteiger partial charge in [0.1, 0.15) is 0 Å². The first-order valence-electron chi connectivity index (χ1n) is 8.12. The summed E-state index contributed by atoms with van der Waals surface area (Å²) >= 11 is 0. The summed E-state index contributed by atoms with van der Waals surface area (Å²) in [6, 6.07) is 10.3. The lowest BCUT2D eigenvalue weighted by Crippen LogP contribution is -2.46. The Labute approximate surface area is 134 Å². The number of benzene rings is 1. The second-order valence-corrected chi connectivity index (χ2v) is 6.52. The number of aliphatic hydroxyl groups excluding tert-OH is 1. The van der Waals surface area contributed by atoms with Crippen LogP contribution in [0.1, 0.15) is 46.1 Å². The highest BCUT2D eigenvalue weighted by Crippen LogP contribution is 2.28. The second kappa shape index (κ2) is 8.79. The van der Waals surface area contributed by atoms with E-state index >= 15 is 0 Å². The van der Waals surface area contributed by atoms with Crippen LogP contribution in [0, 0.1) is 0 Å². The number of carbonyl (C=O) groups excluding carboxylic acids is 1. The summed E-state index contributed by atoms with van der Waals surface area (Å²) < 4.78 is 0. The van der Waals surface area contributed by atoms with Gasteiger partial charge in [-0.25, -0.2) is 4.79 Å². The summed E-state index contributed by atoms with van der Waals surface area (Å²) in [7, 11) is 0. The molecule has 1 aromatic rings. The van der Waals surface area contributed by atoms with E-state index in [9.17, 15) is 4.79 Å². The first-order chi connectivity index (χ1) is 10.4. The molecular formula is C18H30N2O2. The van der Waals surface area contributed by atoms with Crippen molar-refractivity contribution >= 4 is 6.03 Å². The third kappa shape index (κ3) is 5.68. The Balaban J connectivity index is 2.61. The molecule has 1 unspecified atom stereocenters. The van der Waals surface area contributed by atoms with Crippen molar-refractivity contribution in [2.75, 3.05) is 19.7 Å². The molecule has 0 bridgehead atoms. The van der Waals surface area contributed by atoms with E-state index in [1.54, 1.807) is 4.90 Å². The molecule has 0 fully saturated rings. The average molecular weight is 306 g/mol. The van der Waals surface area contributed by atoms with E-state index in [4.69, 9.17) is 5.11 Å². The Bertz CT molecular complexity index is 440. The van der Waals surface area contributed by atoms with Gasteiger partial charge in [-0.3, -0.25) is 0 Å². The molecule has 1 rings (SSSR count). The van der Waals surface area contributed by atoms with Gasteiger partial charge in [-0.1, -0.05) is 51.1 Å². The maximum absolute atomic E-state index is 12.3. The quantitative estimate of drug-likeness (QED) is 0.775. The zero-order valence-electron chi connectivity index (χ0n) is 14.3. The SMILES string of the molecule is CCCN(CCO)C(=O)NC(C)CC(C)(C)c1ccccc1. The topological polar surface area (TPSA) is 52.6 Å². The lowest BCUT2D eigenvalue weighted by molar-refractivity contribution is 0.173. The second-order valence-electron chi connectivity index (χ2n) is 6.52. The molecule has 4 heteroatoms. The fourth-order valence-corrected chi connectivity index (χ4v) is 2.83. The minimum atomic E-state index is -0.0905. The van der Waals surface area contributed by atoms with Crippen molar-refractivity contribution in [2.24, 2.45) is 0 Å². The molecule has 0 aliphatic carbocycles. The molecule has 2 N–H and O–H groups in total. The van der Waals surface area contributed by atoms with Crippen LogP contribution in [-0.4, -0.2) is 41.8 Å². The number of carbonyl (C=O) groups is 1. The third-order valence-corrected chi connectivity index (χ3v) is 3.89. The van der Waals surface area contributed by atoms with Gasteiger partial charge in [0.15, 0.2) is 0 Å². The Morgan fingerprint density at radius 3 is 2.45 bits per heavy atom. The molecule has 2 amide bonds. The number of hydrogen-bond donors (Lipinski definition) is 2. The van der Waals surface area contributed by atoms with Gasteiger partial charge in [-0.2, -0.15) is 0 Å². The zero-order chi connectivity index (χ0) is 16.6. The third-order valence-electron chi connectivity index (χ3n) is 3.89. The number of amides is 2. The predicted octanol–water partition coefficient (Wildman–Crippen LogP) is 3.16. The highest BCUT2D eigenvalue weighted by atomic mass is 16.3. The Morgan fingerprint density at radius 2 is 1.91 bits per heavy atom. The van der Waals surface area contributed by atoms with Crippen LogP contribution in [0.15, 0.2) is 30.3 Å². The predicted molar refractivity (Wildman–Crippen MR) is 91.0 cm³/mol. The van der Waals surface area contributed by atoms with E-state index in [-0.39, 0.29) is 24.1 Å². The normalized spacial score (nSPS) is 12.8. The van der Waals surface area contributed by atoms with Gasteiger partial charge in [0.05, 0.1) is 6.61 Å². The van der Waals surface area contributed by atoms with Crippen molar-refractivity contribution in [3.63, 3.8) is 0 Å². The molecule has 0 aromatic heterocycles. The largest absolute Gasteiger partial charge is 0.395 e. The van der Waals surface area contributed by atoms with Gasteiger partial charge < -0.3 is 15.3 Å². The fraction of sp³-hybridized carbons (Fsp3) is 0.611. The van der Waals surface area contributed by atoms with Gasteiger partial charge in [0.25, 0.3) is 0 Å². The van der Waals surface area contributed by atoms with Crippen LogP contribution in [0.2, 0.25) is 0 Å². The highest BCUT2D eigenvalue weighted by molar-refractivity contribution is 5.74. The maximum Gasteiger partial charge on any atom is 0.317 e. The van der Waals surface area contributed by atoms with E-state index < -0.39 is 0 Å². The Morgan fingerprint density at radius 1 is 1.27 bits per heavy atom. The summed E-state index contributed by atoms with van der Waals surface area (Å²) in [6.07, 6.45) is 1.75. The molecule has 1 atom stereocenters. The van der Waals surface area contributed by atoms with Gasteiger partial charge in [0, 0.05) is 19.1 Å². The molecule has 4 nitrogen and oxygen atoms in total. The first-order valence-corrected chi connectivity index (χ1v) is 8.12. The molecule has 0 saturated heterocycles. The lowest BCUT2D eigenvalue weighted by Gasteiger charge is -2.31. The number of nitrogens with one attached hydrogen (secondary N) is 1. The molecule has 0 heterocycles. The number of urea groups is 1.